The van der Waals surface area contributed by atoms with Crippen LogP contribution in [-0.4, -0.2) is 38.2 Å². The second-order valence-electron chi connectivity index (χ2n) is 7.96. The summed E-state index contributed by atoms with van der Waals surface area (Å²) in [5, 5.41) is 0. The van der Waals surface area contributed by atoms with Crippen molar-refractivity contribution in [2.75, 3.05) is 13.1 Å². The Hall–Kier alpha value is -2.67. The number of carbonyl (C=O) groups excluding carboxylic acids is 2. The minimum Gasteiger partial charge on any atom is -0.343 e. The van der Waals surface area contributed by atoms with Crippen molar-refractivity contribution >= 4 is 21.8 Å². The summed E-state index contributed by atoms with van der Waals surface area (Å²) >= 11 is 0. The number of benzene rings is 2. The fraction of sp³-hybridized carbons (Fsp3) is 0.417. The molecule has 0 aliphatic rings. The van der Waals surface area contributed by atoms with Crippen molar-refractivity contribution in [3.8, 4) is 0 Å². The van der Waals surface area contributed by atoms with Crippen LogP contribution in [0.15, 0.2) is 59.5 Å². The zero-order chi connectivity index (χ0) is 23.0. The summed E-state index contributed by atoms with van der Waals surface area (Å²) in [5.41, 5.74) is 1.82. The molecule has 0 aliphatic heterocycles. The Morgan fingerprint density at radius 3 is 1.94 bits per heavy atom. The lowest BCUT2D eigenvalue weighted by Gasteiger charge is -2.24. The molecule has 0 aromatic heterocycles. The van der Waals surface area contributed by atoms with Gasteiger partial charge in [-0.2, -0.15) is 0 Å². The Morgan fingerprint density at radius 1 is 0.871 bits per heavy atom. The predicted octanol–water partition coefficient (Wildman–Crippen LogP) is 3.42. The van der Waals surface area contributed by atoms with Crippen molar-refractivity contribution < 1.29 is 18.0 Å². The molecule has 0 heterocycles. The van der Waals surface area contributed by atoms with E-state index < -0.39 is 21.8 Å². The lowest BCUT2D eigenvalue weighted by molar-refractivity contribution is -0.141. The molecule has 6 nitrogen and oxygen atoms in total. The summed E-state index contributed by atoms with van der Waals surface area (Å²) in [4.78, 5) is 27.5. The highest BCUT2D eigenvalue weighted by Gasteiger charge is 2.32. The van der Waals surface area contributed by atoms with E-state index in [-0.39, 0.29) is 17.2 Å². The van der Waals surface area contributed by atoms with Gasteiger partial charge >= 0.3 is 0 Å². The molecule has 2 aromatic rings. The van der Waals surface area contributed by atoms with Gasteiger partial charge in [0.1, 0.15) is 5.92 Å². The van der Waals surface area contributed by atoms with Gasteiger partial charge in [0.25, 0.3) is 10.0 Å². The molecule has 168 valence electrons. The molecule has 1 N–H and O–H groups in total. The summed E-state index contributed by atoms with van der Waals surface area (Å²) in [6, 6.07) is 15.6. The van der Waals surface area contributed by atoms with E-state index >= 15 is 0 Å². The molecular formula is C24H32N2O4S. The molecule has 2 rings (SSSR count). The lowest BCUT2D eigenvalue weighted by Crippen LogP contribution is -2.46. The zero-order valence-corrected chi connectivity index (χ0v) is 19.5. The molecule has 0 saturated heterocycles. The number of carbonyl (C=O) groups is 2. The Balaban J connectivity index is 2.25. The maximum absolute atomic E-state index is 13.0. The number of rotatable bonds is 10. The Labute approximate surface area is 185 Å². The van der Waals surface area contributed by atoms with E-state index in [9.17, 15) is 18.0 Å². The van der Waals surface area contributed by atoms with Gasteiger partial charge < -0.3 is 4.90 Å². The summed E-state index contributed by atoms with van der Waals surface area (Å²) in [5.74, 6) is -1.87. The highest BCUT2D eigenvalue weighted by atomic mass is 32.2. The number of hydrogen-bond acceptors (Lipinski definition) is 4. The summed E-state index contributed by atoms with van der Waals surface area (Å²) in [6.45, 7) is 8.72. The number of nitrogens with one attached hydrogen (secondary N) is 1. The maximum Gasteiger partial charge on any atom is 0.264 e. The van der Waals surface area contributed by atoms with Crippen molar-refractivity contribution in [1.29, 1.82) is 0 Å². The van der Waals surface area contributed by atoms with Crippen LogP contribution in [0.25, 0.3) is 0 Å². The molecule has 7 heteroatoms. The van der Waals surface area contributed by atoms with E-state index in [1.807, 2.05) is 44.2 Å². The molecule has 0 radical (unpaired) electrons. The Morgan fingerprint density at radius 2 is 1.42 bits per heavy atom. The highest BCUT2D eigenvalue weighted by Crippen LogP contribution is 2.17. The third-order valence-electron chi connectivity index (χ3n) is 5.08. The average molecular weight is 445 g/mol. The van der Waals surface area contributed by atoms with Gasteiger partial charge in [-0.15, -0.1) is 0 Å². The van der Waals surface area contributed by atoms with Gasteiger partial charge in [-0.25, -0.2) is 13.1 Å². The van der Waals surface area contributed by atoms with E-state index in [1.165, 1.54) is 12.1 Å². The summed E-state index contributed by atoms with van der Waals surface area (Å²) in [7, 11) is -4.08. The first kappa shape index (κ1) is 24.6. The molecular weight excluding hydrogens is 412 g/mol. The molecule has 0 bridgehead atoms. The number of sulfonamides is 1. The van der Waals surface area contributed by atoms with Gasteiger partial charge in [-0.1, -0.05) is 56.3 Å². The molecule has 1 unspecified atom stereocenters. The minimum atomic E-state index is -4.08. The normalized spacial score (nSPS) is 12.4. The average Bonchev–Trinajstić information content (AvgIpc) is 2.73. The van der Waals surface area contributed by atoms with Gasteiger partial charge in [-0.3, -0.25) is 9.59 Å². The second-order valence-corrected chi connectivity index (χ2v) is 9.65. The molecule has 0 fully saturated rings. The van der Waals surface area contributed by atoms with E-state index in [4.69, 9.17) is 0 Å². The smallest absolute Gasteiger partial charge is 0.264 e. The number of nitrogens with zero attached hydrogens (tertiary/aromatic N) is 1. The third-order valence-corrected chi connectivity index (χ3v) is 6.45. The Bertz CT molecular complexity index is 966. The van der Waals surface area contributed by atoms with Gasteiger partial charge in [0, 0.05) is 13.1 Å². The van der Waals surface area contributed by atoms with Gasteiger partial charge in [0.05, 0.1) is 4.90 Å². The van der Waals surface area contributed by atoms with E-state index in [0.717, 1.165) is 17.5 Å². The monoisotopic (exact) mass is 444 g/mol. The molecule has 2 aromatic carbocycles. The molecule has 0 aliphatic carbocycles. The van der Waals surface area contributed by atoms with Crippen LogP contribution >= 0.6 is 0 Å². The van der Waals surface area contributed by atoms with Gasteiger partial charge in [0.2, 0.25) is 11.8 Å². The van der Waals surface area contributed by atoms with Crippen LogP contribution in [0, 0.1) is 11.8 Å². The first-order chi connectivity index (χ1) is 14.7. The third kappa shape index (κ3) is 6.92. The molecule has 0 saturated carbocycles. The standard InChI is InChI=1S/C24H32N2O4S/c1-5-26(6-2)24(28)22(17-19-10-8-7-9-11-19)23(27)25-31(29,30)21-14-12-20(13-15-21)16-18(3)4/h7-15,18,22H,5-6,16-17H2,1-4H3,(H,25,27). The highest BCUT2D eigenvalue weighted by molar-refractivity contribution is 7.90. The van der Waals surface area contributed by atoms with Crippen molar-refractivity contribution in [2.24, 2.45) is 11.8 Å². The van der Waals surface area contributed by atoms with Crippen LogP contribution in [-0.2, 0) is 32.5 Å². The van der Waals surface area contributed by atoms with E-state index in [1.54, 1.807) is 17.0 Å². The van der Waals surface area contributed by atoms with Gasteiger partial charge in [0.15, 0.2) is 0 Å². The van der Waals surface area contributed by atoms with Crippen LogP contribution < -0.4 is 4.72 Å². The first-order valence-electron chi connectivity index (χ1n) is 10.7. The molecule has 2 amide bonds. The largest absolute Gasteiger partial charge is 0.343 e. The van der Waals surface area contributed by atoms with Crippen molar-refractivity contribution in [2.45, 2.75) is 45.4 Å². The maximum atomic E-state index is 13.0. The van der Waals surface area contributed by atoms with Crippen LogP contribution in [0.5, 0.6) is 0 Å². The molecule has 1 atom stereocenters. The van der Waals surface area contributed by atoms with Gasteiger partial charge in [-0.05, 0) is 55.9 Å². The minimum absolute atomic E-state index is 0.00195. The SMILES string of the molecule is CCN(CC)C(=O)C(Cc1ccccc1)C(=O)NS(=O)(=O)c1ccc(CC(C)C)cc1. The fourth-order valence-electron chi connectivity index (χ4n) is 3.44. The molecule has 0 spiro atoms. The lowest BCUT2D eigenvalue weighted by atomic mass is 9.97. The van der Waals surface area contributed by atoms with Crippen LogP contribution in [0.2, 0.25) is 0 Å². The molecule has 31 heavy (non-hydrogen) atoms. The topological polar surface area (TPSA) is 83.6 Å². The fourth-order valence-corrected chi connectivity index (χ4v) is 4.46. The van der Waals surface area contributed by atoms with E-state index in [2.05, 4.69) is 18.6 Å². The van der Waals surface area contributed by atoms with Crippen molar-refractivity contribution in [3.63, 3.8) is 0 Å². The van der Waals surface area contributed by atoms with Crippen LogP contribution in [0.1, 0.15) is 38.8 Å². The predicted molar refractivity (Wildman–Crippen MR) is 122 cm³/mol. The number of hydrogen-bond donors (Lipinski definition) is 1. The quantitative estimate of drug-likeness (QED) is 0.569. The van der Waals surface area contributed by atoms with Crippen LogP contribution in [0.4, 0.5) is 0 Å². The van der Waals surface area contributed by atoms with E-state index in [0.29, 0.717) is 19.0 Å². The van der Waals surface area contributed by atoms with Crippen molar-refractivity contribution in [1.82, 2.24) is 9.62 Å². The Kier molecular flexibility index (Phi) is 8.80. The van der Waals surface area contributed by atoms with Crippen LogP contribution in [0.3, 0.4) is 0 Å². The summed E-state index contributed by atoms with van der Waals surface area (Å²) < 4.78 is 27.7. The zero-order valence-electron chi connectivity index (χ0n) is 18.7. The second kappa shape index (κ2) is 11.1. The van der Waals surface area contributed by atoms with Crippen molar-refractivity contribution in [3.05, 3.63) is 65.7 Å². The first-order valence-corrected chi connectivity index (χ1v) is 12.1. The number of amides is 2. The summed E-state index contributed by atoms with van der Waals surface area (Å²) in [6.07, 6.45) is 0.967.